The summed E-state index contributed by atoms with van der Waals surface area (Å²) in [6.45, 7) is 9.52. The summed E-state index contributed by atoms with van der Waals surface area (Å²) in [6, 6.07) is 9.11. The minimum absolute atomic E-state index is 0. The second-order valence-corrected chi connectivity index (χ2v) is 6.24. The molecule has 1 aliphatic rings. The lowest BCUT2D eigenvalue weighted by atomic mass is 10.1. The summed E-state index contributed by atoms with van der Waals surface area (Å²) in [7, 11) is 1.86. The molecule has 6 heteroatoms. The van der Waals surface area contributed by atoms with E-state index < -0.39 is 0 Å². The molecule has 1 saturated heterocycles. The summed E-state index contributed by atoms with van der Waals surface area (Å²) >= 11 is 3.50. The Kier molecular flexibility index (Phi) is 8.71. The number of hydrogen-bond acceptors (Lipinski definition) is 2. The molecule has 0 amide bonds. The third-order valence-corrected chi connectivity index (χ3v) is 4.59. The Morgan fingerprint density at radius 3 is 2.32 bits per heavy atom. The highest BCUT2D eigenvalue weighted by molar-refractivity contribution is 14.0. The predicted octanol–water partition coefficient (Wildman–Crippen LogP) is 3.34. The SMILES string of the molecule is CCNC(=NC)N1CCN(C(C)c2ccc(Br)cc2)CC1.I. The molecular formula is C16H26BrIN4. The number of rotatable bonds is 3. The van der Waals surface area contributed by atoms with Gasteiger partial charge in [0.1, 0.15) is 0 Å². The molecule has 4 nitrogen and oxygen atoms in total. The van der Waals surface area contributed by atoms with Crippen LogP contribution in [0.25, 0.3) is 0 Å². The van der Waals surface area contributed by atoms with Gasteiger partial charge in [0.05, 0.1) is 0 Å². The Bertz CT molecular complexity index is 470. The molecule has 0 aliphatic carbocycles. The van der Waals surface area contributed by atoms with Crippen LogP contribution in [-0.2, 0) is 0 Å². The van der Waals surface area contributed by atoms with Crippen LogP contribution in [0.1, 0.15) is 25.5 Å². The van der Waals surface area contributed by atoms with Gasteiger partial charge in [-0.05, 0) is 31.5 Å². The average Bonchev–Trinajstić information content (AvgIpc) is 2.53. The van der Waals surface area contributed by atoms with Crippen LogP contribution >= 0.6 is 39.9 Å². The minimum atomic E-state index is 0. The quantitative estimate of drug-likeness (QED) is 0.409. The van der Waals surface area contributed by atoms with Crippen LogP contribution in [0.2, 0.25) is 0 Å². The van der Waals surface area contributed by atoms with Gasteiger partial charge in [-0.1, -0.05) is 28.1 Å². The zero-order valence-electron chi connectivity index (χ0n) is 13.6. The maximum absolute atomic E-state index is 4.35. The maximum atomic E-state index is 4.35. The monoisotopic (exact) mass is 480 g/mol. The van der Waals surface area contributed by atoms with Crippen molar-refractivity contribution in [3.8, 4) is 0 Å². The molecule has 1 aromatic rings. The van der Waals surface area contributed by atoms with Crippen molar-refractivity contribution in [2.45, 2.75) is 19.9 Å². The van der Waals surface area contributed by atoms with Crippen LogP contribution in [0.3, 0.4) is 0 Å². The number of hydrogen-bond donors (Lipinski definition) is 1. The Hall–Kier alpha value is -0.340. The normalized spacial score (nSPS) is 17.8. The van der Waals surface area contributed by atoms with Crippen molar-refractivity contribution >= 4 is 45.9 Å². The molecule has 1 aromatic carbocycles. The summed E-state index contributed by atoms with van der Waals surface area (Å²) in [5, 5.41) is 3.34. The van der Waals surface area contributed by atoms with E-state index in [0.717, 1.165) is 43.2 Å². The number of nitrogens with one attached hydrogen (secondary N) is 1. The molecule has 22 heavy (non-hydrogen) atoms. The smallest absolute Gasteiger partial charge is 0.193 e. The summed E-state index contributed by atoms with van der Waals surface area (Å²) in [5.41, 5.74) is 1.38. The molecule has 1 unspecified atom stereocenters. The fourth-order valence-electron chi connectivity index (χ4n) is 2.76. The number of benzene rings is 1. The van der Waals surface area contributed by atoms with E-state index in [4.69, 9.17) is 0 Å². The van der Waals surface area contributed by atoms with Crippen molar-refractivity contribution in [3.63, 3.8) is 0 Å². The first kappa shape index (κ1) is 19.7. The van der Waals surface area contributed by atoms with E-state index in [1.54, 1.807) is 0 Å². The van der Waals surface area contributed by atoms with Gasteiger partial charge in [0.2, 0.25) is 0 Å². The van der Waals surface area contributed by atoms with Gasteiger partial charge in [-0.2, -0.15) is 0 Å². The Morgan fingerprint density at radius 2 is 1.82 bits per heavy atom. The highest BCUT2D eigenvalue weighted by Gasteiger charge is 2.23. The lowest BCUT2D eigenvalue weighted by Gasteiger charge is -2.39. The Balaban J connectivity index is 0.00000242. The van der Waals surface area contributed by atoms with Gasteiger partial charge in [-0.25, -0.2) is 0 Å². The summed E-state index contributed by atoms with van der Waals surface area (Å²) in [4.78, 5) is 9.23. The van der Waals surface area contributed by atoms with Crippen molar-refractivity contribution in [1.82, 2.24) is 15.1 Å². The zero-order valence-corrected chi connectivity index (χ0v) is 17.5. The molecule has 1 heterocycles. The van der Waals surface area contributed by atoms with Gasteiger partial charge >= 0.3 is 0 Å². The number of halogens is 2. The molecule has 0 bridgehead atoms. The third-order valence-electron chi connectivity index (χ3n) is 4.06. The average molecular weight is 481 g/mol. The number of nitrogens with zero attached hydrogens (tertiary/aromatic N) is 3. The highest BCUT2D eigenvalue weighted by Crippen LogP contribution is 2.23. The summed E-state index contributed by atoms with van der Waals surface area (Å²) in [5.74, 6) is 1.02. The fraction of sp³-hybridized carbons (Fsp3) is 0.562. The van der Waals surface area contributed by atoms with Crippen LogP contribution in [0.15, 0.2) is 33.7 Å². The zero-order chi connectivity index (χ0) is 15.2. The number of guanidine groups is 1. The molecular weight excluding hydrogens is 455 g/mol. The van der Waals surface area contributed by atoms with Crippen molar-refractivity contribution in [3.05, 3.63) is 34.3 Å². The van der Waals surface area contributed by atoms with E-state index in [2.05, 4.69) is 74.2 Å². The van der Waals surface area contributed by atoms with E-state index in [1.807, 2.05) is 7.05 Å². The van der Waals surface area contributed by atoms with Crippen LogP contribution in [0, 0.1) is 0 Å². The fourth-order valence-corrected chi connectivity index (χ4v) is 3.03. The van der Waals surface area contributed by atoms with E-state index >= 15 is 0 Å². The van der Waals surface area contributed by atoms with Gasteiger partial charge in [0.25, 0.3) is 0 Å². The highest BCUT2D eigenvalue weighted by atomic mass is 127. The van der Waals surface area contributed by atoms with Crippen molar-refractivity contribution in [2.24, 2.45) is 4.99 Å². The molecule has 2 rings (SSSR count). The van der Waals surface area contributed by atoms with E-state index in [0.29, 0.717) is 6.04 Å². The molecule has 1 aliphatic heterocycles. The van der Waals surface area contributed by atoms with Gasteiger partial charge in [-0.15, -0.1) is 24.0 Å². The Morgan fingerprint density at radius 1 is 1.23 bits per heavy atom. The third kappa shape index (κ3) is 5.09. The van der Waals surface area contributed by atoms with Crippen LogP contribution in [0.4, 0.5) is 0 Å². The molecule has 1 N–H and O–H groups in total. The van der Waals surface area contributed by atoms with Gasteiger partial charge in [-0.3, -0.25) is 9.89 Å². The van der Waals surface area contributed by atoms with Crippen molar-refractivity contribution in [2.75, 3.05) is 39.8 Å². The standard InChI is InChI=1S/C16H25BrN4.HI/c1-4-19-16(18-3)21-11-9-20(10-12-21)13(2)14-5-7-15(17)8-6-14;/h5-8,13H,4,9-12H2,1-3H3,(H,18,19);1H. The number of aliphatic imine (C=N–C) groups is 1. The number of piperazine rings is 1. The lowest BCUT2D eigenvalue weighted by Crippen LogP contribution is -2.52. The van der Waals surface area contributed by atoms with Crippen LogP contribution in [-0.4, -0.2) is 55.5 Å². The predicted molar refractivity (Wildman–Crippen MR) is 108 cm³/mol. The van der Waals surface area contributed by atoms with Crippen LogP contribution in [0.5, 0.6) is 0 Å². The molecule has 0 spiro atoms. The largest absolute Gasteiger partial charge is 0.357 e. The van der Waals surface area contributed by atoms with Gasteiger partial charge in [0, 0.05) is 50.3 Å². The summed E-state index contributed by atoms with van der Waals surface area (Å²) < 4.78 is 1.14. The van der Waals surface area contributed by atoms with Crippen molar-refractivity contribution < 1.29 is 0 Å². The minimum Gasteiger partial charge on any atom is -0.357 e. The molecule has 124 valence electrons. The molecule has 1 fully saturated rings. The molecule has 0 radical (unpaired) electrons. The van der Waals surface area contributed by atoms with E-state index in [1.165, 1.54) is 5.56 Å². The van der Waals surface area contributed by atoms with Crippen LogP contribution < -0.4 is 5.32 Å². The topological polar surface area (TPSA) is 30.9 Å². The maximum Gasteiger partial charge on any atom is 0.193 e. The first-order chi connectivity index (χ1) is 10.2. The molecule has 0 saturated carbocycles. The second kappa shape index (κ2) is 9.72. The molecule has 1 atom stereocenters. The van der Waals surface area contributed by atoms with Gasteiger partial charge < -0.3 is 10.2 Å². The summed E-state index contributed by atoms with van der Waals surface area (Å²) in [6.07, 6.45) is 0. The first-order valence-electron chi connectivity index (χ1n) is 7.60. The Labute approximate surface area is 159 Å². The lowest BCUT2D eigenvalue weighted by molar-refractivity contribution is 0.138. The van der Waals surface area contributed by atoms with Crippen molar-refractivity contribution in [1.29, 1.82) is 0 Å². The second-order valence-electron chi connectivity index (χ2n) is 5.33. The van der Waals surface area contributed by atoms with Gasteiger partial charge in [0.15, 0.2) is 5.96 Å². The molecule has 0 aromatic heterocycles. The first-order valence-corrected chi connectivity index (χ1v) is 8.40. The van der Waals surface area contributed by atoms with E-state index in [-0.39, 0.29) is 24.0 Å². The van der Waals surface area contributed by atoms with E-state index in [9.17, 15) is 0 Å².